The fourth-order valence-electron chi connectivity index (χ4n) is 3.74. The predicted octanol–water partition coefficient (Wildman–Crippen LogP) is 7.56. The number of ether oxygens (including phenoxy) is 2. The number of hydrogen-bond acceptors (Lipinski definition) is 7. The summed E-state index contributed by atoms with van der Waals surface area (Å²) in [5, 5.41) is 0. The van der Waals surface area contributed by atoms with Gasteiger partial charge in [-0.1, -0.05) is 103 Å². The monoisotopic (exact) mass is 569 g/mol. The van der Waals surface area contributed by atoms with Crippen molar-refractivity contribution >= 4 is 21.9 Å². The van der Waals surface area contributed by atoms with Crippen molar-refractivity contribution < 1.29 is 22.1 Å². The van der Waals surface area contributed by atoms with Gasteiger partial charge in [0.1, 0.15) is 0 Å². The molecule has 0 aliphatic carbocycles. The summed E-state index contributed by atoms with van der Waals surface area (Å²) in [6, 6.07) is 0. The van der Waals surface area contributed by atoms with Crippen LogP contribution in [0.25, 0.3) is 0 Å². The molecule has 0 radical (unpaired) electrons. The fraction of sp³-hybridized carbons (Fsp3) is 1.00. The minimum Gasteiger partial charge on any atom is -0.379 e. The van der Waals surface area contributed by atoms with Gasteiger partial charge in [-0.05, 0) is 39.7 Å². The van der Waals surface area contributed by atoms with Crippen LogP contribution in [0.15, 0.2) is 0 Å². The maximum atomic E-state index is 10.9. The molecule has 0 bridgehead atoms. The fourth-order valence-corrected chi connectivity index (χ4v) is 5.14. The van der Waals surface area contributed by atoms with Gasteiger partial charge in [-0.2, -0.15) is 20.2 Å². The van der Waals surface area contributed by atoms with Gasteiger partial charge >= 0.3 is 0 Å². The maximum absolute atomic E-state index is 10.9. The first-order chi connectivity index (χ1) is 17.7. The third-order valence-corrected chi connectivity index (χ3v) is 7.59. The quantitative estimate of drug-likeness (QED) is 0.0747. The van der Waals surface area contributed by atoms with Crippen molar-refractivity contribution in [1.29, 1.82) is 0 Å². The van der Waals surface area contributed by atoms with E-state index in [0.29, 0.717) is 13.0 Å². The molecular weight excluding hydrogens is 506 g/mol. The number of hydrogen-bond donors (Lipinski definition) is 0. The molecule has 0 aliphatic rings. The molecule has 0 saturated heterocycles. The van der Waals surface area contributed by atoms with Crippen LogP contribution in [0.3, 0.4) is 0 Å². The van der Waals surface area contributed by atoms with E-state index in [2.05, 4.69) is 6.92 Å². The van der Waals surface area contributed by atoms with Gasteiger partial charge in [0.05, 0.1) is 25.6 Å². The van der Waals surface area contributed by atoms with E-state index in [4.69, 9.17) is 13.7 Å². The molecule has 0 heterocycles. The molecule has 6 nitrogen and oxygen atoms in total. The van der Waals surface area contributed by atoms with Crippen molar-refractivity contribution in [2.75, 3.05) is 65.8 Å². The summed E-state index contributed by atoms with van der Waals surface area (Å²) in [7, 11) is 4.40. The largest absolute Gasteiger partial charge is 0.379 e. The van der Waals surface area contributed by atoms with Gasteiger partial charge in [0.25, 0.3) is 10.1 Å². The Hall–Kier alpha value is 0.140. The van der Waals surface area contributed by atoms with E-state index in [1.807, 2.05) is 26.0 Å². The second kappa shape index (κ2) is 30.7. The highest BCUT2D eigenvalue weighted by Crippen LogP contribution is 2.14. The molecule has 0 fully saturated rings. The Morgan fingerprint density at radius 2 is 1.14 bits per heavy atom. The average molecular weight is 570 g/mol. The second-order valence-corrected chi connectivity index (χ2v) is 13.3. The van der Waals surface area contributed by atoms with Gasteiger partial charge in [0.2, 0.25) is 0 Å². The Labute approximate surface area is 236 Å². The minimum absolute atomic E-state index is 0.0897. The lowest BCUT2D eigenvalue weighted by Gasteiger charge is -2.15. The summed E-state index contributed by atoms with van der Waals surface area (Å²) in [5.74, 6) is 1.71. The van der Waals surface area contributed by atoms with E-state index >= 15 is 0 Å². The van der Waals surface area contributed by atoms with Crippen LogP contribution in [0.5, 0.6) is 0 Å². The van der Waals surface area contributed by atoms with Crippen LogP contribution in [0.2, 0.25) is 0 Å². The highest BCUT2D eigenvalue weighted by atomic mass is 32.2. The van der Waals surface area contributed by atoms with Crippen LogP contribution in [0.1, 0.15) is 116 Å². The van der Waals surface area contributed by atoms with Gasteiger partial charge in [-0.25, -0.2) is 0 Å². The van der Waals surface area contributed by atoms with Crippen molar-refractivity contribution in [3.05, 3.63) is 0 Å². The van der Waals surface area contributed by atoms with Crippen LogP contribution in [-0.4, -0.2) is 85.3 Å². The van der Waals surface area contributed by atoms with E-state index in [9.17, 15) is 8.42 Å². The topological polar surface area (TPSA) is 65.1 Å². The second-order valence-electron chi connectivity index (χ2n) is 10.5. The first-order valence-electron chi connectivity index (χ1n) is 14.9. The number of thioether (sulfide) groups is 1. The van der Waals surface area contributed by atoms with E-state index < -0.39 is 10.1 Å². The van der Waals surface area contributed by atoms with Crippen LogP contribution < -0.4 is 0 Å². The molecule has 0 N–H and O–H groups in total. The lowest BCUT2D eigenvalue weighted by Crippen LogP contribution is -2.21. The third kappa shape index (κ3) is 40.8. The van der Waals surface area contributed by atoms with Crippen LogP contribution >= 0.6 is 11.8 Å². The smallest absolute Gasteiger partial charge is 0.264 e. The molecule has 0 spiro atoms. The highest BCUT2D eigenvalue weighted by molar-refractivity contribution is 7.99. The molecule has 0 rings (SSSR count). The minimum atomic E-state index is -3.32. The number of rotatable bonds is 27. The van der Waals surface area contributed by atoms with Crippen molar-refractivity contribution in [2.24, 2.45) is 0 Å². The lowest BCUT2D eigenvalue weighted by atomic mass is 10.0. The predicted molar refractivity (Wildman–Crippen MR) is 164 cm³/mol. The van der Waals surface area contributed by atoms with E-state index in [0.717, 1.165) is 30.8 Å². The Bertz CT molecular complexity index is 530. The van der Waals surface area contributed by atoms with Crippen molar-refractivity contribution in [3.63, 3.8) is 0 Å². The number of nitrogens with zero attached hydrogens (tertiary/aromatic N) is 1. The first kappa shape index (κ1) is 39.3. The van der Waals surface area contributed by atoms with Gasteiger partial charge in [0.15, 0.2) is 0 Å². The van der Waals surface area contributed by atoms with Crippen LogP contribution in [-0.2, 0) is 23.8 Å². The first-order valence-corrected chi connectivity index (χ1v) is 17.8. The summed E-state index contributed by atoms with van der Waals surface area (Å²) in [5.41, 5.74) is 0. The van der Waals surface area contributed by atoms with E-state index in [-0.39, 0.29) is 12.7 Å². The van der Waals surface area contributed by atoms with Crippen molar-refractivity contribution in [2.45, 2.75) is 122 Å². The zero-order valence-corrected chi connectivity index (χ0v) is 27.1. The molecule has 1 unspecified atom stereocenters. The molecule has 0 saturated carbocycles. The molecule has 8 heteroatoms. The van der Waals surface area contributed by atoms with Crippen LogP contribution in [0.4, 0.5) is 0 Å². The Morgan fingerprint density at radius 3 is 1.54 bits per heavy atom. The Morgan fingerprint density at radius 1 is 0.703 bits per heavy atom. The normalized spacial score (nSPS) is 12.5. The molecule has 37 heavy (non-hydrogen) atoms. The van der Waals surface area contributed by atoms with Gasteiger partial charge in [0, 0.05) is 19.5 Å². The lowest BCUT2D eigenvalue weighted by molar-refractivity contribution is 0.0198. The molecule has 0 aromatic rings. The van der Waals surface area contributed by atoms with E-state index in [1.165, 1.54) is 96.3 Å². The summed E-state index contributed by atoms with van der Waals surface area (Å²) in [6.07, 6.45) is 24.0. The number of methoxy groups -OCH3 is 1. The maximum Gasteiger partial charge on any atom is 0.264 e. The SMILES string of the molecule is CCCCCCCCCCCCCCCCCCOCC(CSCCCOS(C)(=O)=O)OC.CN(C)C. The molecular formula is C29H63NO5S2. The summed E-state index contributed by atoms with van der Waals surface area (Å²) >= 11 is 1.75. The summed E-state index contributed by atoms with van der Waals surface area (Å²) < 4.78 is 37.8. The Balaban J connectivity index is 0. The van der Waals surface area contributed by atoms with Gasteiger partial charge < -0.3 is 14.4 Å². The number of unbranched alkanes of at least 4 members (excludes halogenated alkanes) is 15. The molecule has 0 amide bonds. The van der Waals surface area contributed by atoms with Crippen molar-refractivity contribution in [1.82, 2.24) is 4.90 Å². The highest BCUT2D eigenvalue weighted by Gasteiger charge is 2.08. The van der Waals surface area contributed by atoms with Crippen molar-refractivity contribution in [3.8, 4) is 0 Å². The zero-order valence-electron chi connectivity index (χ0n) is 25.4. The average Bonchev–Trinajstić information content (AvgIpc) is 2.83. The molecule has 226 valence electrons. The van der Waals surface area contributed by atoms with Gasteiger partial charge in [-0.15, -0.1) is 0 Å². The van der Waals surface area contributed by atoms with Gasteiger partial charge in [-0.3, -0.25) is 4.18 Å². The third-order valence-electron chi connectivity index (χ3n) is 5.81. The summed E-state index contributed by atoms with van der Waals surface area (Å²) in [6.45, 7) is 3.97. The standard InChI is InChI=1S/C26H54O5S2.C3H9N/c1-4-5-6-7-8-9-10-11-12-13-14-15-16-17-18-19-21-30-24-26(29-2)25-32-23-20-22-31-33(3,27)28;1-4(2)3/h26H,4-25H2,1-3H3;1-3H3. The zero-order chi connectivity index (χ0) is 28.0. The molecule has 1 atom stereocenters. The molecule has 0 aromatic heterocycles. The van der Waals surface area contributed by atoms with Crippen LogP contribution in [0, 0.1) is 0 Å². The molecule has 0 aromatic carbocycles. The van der Waals surface area contributed by atoms with E-state index in [1.54, 1.807) is 18.9 Å². The molecule has 0 aliphatic heterocycles. The Kier molecular flexibility index (Phi) is 32.6. The summed E-state index contributed by atoms with van der Waals surface area (Å²) in [4.78, 5) is 2.00.